The number of carbonyl (C=O) groups excluding carboxylic acids is 1. The number of nitrogens with zero attached hydrogens (tertiary/aromatic N) is 3. The first-order chi connectivity index (χ1) is 13.8. The lowest BCUT2D eigenvalue weighted by Gasteiger charge is -2.16. The Morgan fingerprint density at radius 3 is 2.45 bits per heavy atom. The summed E-state index contributed by atoms with van der Waals surface area (Å²) in [5, 5.41) is 0.562. The van der Waals surface area contributed by atoms with Crippen LogP contribution in [0.5, 0.6) is 0 Å². The lowest BCUT2D eigenvalue weighted by atomic mass is 10.2. The Morgan fingerprint density at radius 2 is 1.79 bits per heavy atom. The van der Waals surface area contributed by atoms with Crippen LogP contribution in [-0.4, -0.2) is 61.7 Å². The topological polar surface area (TPSA) is 105 Å². The van der Waals surface area contributed by atoms with Crippen molar-refractivity contribution in [2.24, 2.45) is 0 Å². The minimum atomic E-state index is -3.82. The van der Waals surface area contributed by atoms with Gasteiger partial charge in [-0.25, -0.2) is 26.1 Å². The first-order valence-corrected chi connectivity index (χ1v) is 12.9. The van der Waals surface area contributed by atoms with Gasteiger partial charge in [0.25, 0.3) is 15.9 Å². The number of carbonyl (C=O) groups is 1. The van der Waals surface area contributed by atoms with Crippen molar-refractivity contribution >= 4 is 37.7 Å². The van der Waals surface area contributed by atoms with Crippen LogP contribution in [0, 0.1) is 0 Å². The standard InChI is InChI=1S/C18H19N3O5S3/c22-18-15-5-1-2-6-16(15)29(25,26)21(18)11-12-27-17-8-7-14(13-19-17)28(23,24)20-9-3-4-10-20/h1-2,5-8,13H,3-4,9-12H2. The number of rotatable bonds is 6. The highest BCUT2D eigenvalue weighted by Gasteiger charge is 2.40. The van der Waals surface area contributed by atoms with E-state index in [1.165, 1.54) is 40.5 Å². The molecule has 4 rings (SSSR count). The summed E-state index contributed by atoms with van der Waals surface area (Å²) >= 11 is 1.26. The Kier molecular flexibility index (Phi) is 5.40. The van der Waals surface area contributed by atoms with Gasteiger partial charge in [-0.05, 0) is 37.1 Å². The van der Waals surface area contributed by atoms with Crippen LogP contribution in [0.3, 0.4) is 0 Å². The average Bonchev–Trinajstić information content (AvgIpc) is 3.32. The third kappa shape index (κ3) is 3.67. The maximum absolute atomic E-state index is 12.5. The number of benzene rings is 1. The van der Waals surface area contributed by atoms with Crippen molar-refractivity contribution in [2.75, 3.05) is 25.4 Å². The molecule has 1 aromatic carbocycles. The molecule has 0 radical (unpaired) electrons. The Labute approximate surface area is 174 Å². The molecule has 0 unspecified atom stereocenters. The van der Waals surface area contributed by atoms with Crippen LogP contribution >= 0.6 is 11.8 Å². The zero-order valence-corrected chi connectivity index (χ0v) is 17.8. The molecule has 3 heterocycles. The Bertz CT molecular complexity index is 1140. The highest BCUT2D eigenvalue weighted by atomic mass is 32.2. The maximum atomic E-state index is 12.5. The number of fused-ring (bicyclic) bond motifs is 1. The van der Waals surface area contributed by atoms with Crippen LogP contribution in [0.4, 0.5) is 0 Å². The van der Waals surface area contributed by atoms with Gasteiger partial charge in [-0.1, -0.05) is 12.1 Å². The predicted octanol–water partition coefficient (Wildman–Crippen LogP) is 1.80. The fourth-order valence-electron chi connectivity index (χ4n) is 3.37. The van der Waals surface area contributed by atoms with E-state index in [-0.39, 0.29) is 21.9 Å². The normalized spacial score (nSPS) is 18.9. The molecule has 11 heteroatoms. The van der Waals surface area contributed by atoms with Crippen LogP contribution in [0.25, 0.3) is 0 Å². The van der Waals surface area contributed by atoms with Crippen molar-refractivity contribution in [3.63, 3.8) is 0 Å². The van der Waals surface area contributed by atoms with Gasteiger partial charge in [-0.3, -0.25) is 4.79 Å². The second kappa shape index (κ2) is 7.71. The van der Waals surface area contributed by atoms with Gasteiger partial charge in [0.15, 0.2) is 0 Å². The van der Waals surface area contributed by atoms with Crippen molar-refractivity contribution in [2.45, 2.75) is 27.7 Å². The molecule has 154 valence electrons. The van der Waals surface area contributed by atoms with E-state index in [9.17, 15) is 21.6 Å². The number of thioether (sulfide) groups is 1. The van der Waals surface area contributed by atoms with E-state index < -0.39 is 26.0 Å². The summed E-state index contributed by atoms with van der Waals surface area (Å²) < 4.78 is 52.4. The van der Waals surface area contributed by atoms with Crippen molar-refractivity contribution < 1.29 is 21.6 Å². The molecule has 0 spiro atoms. The summed E-state index contributed by atoms with van der Waals surface area (Å²) in [6.07, 6.45) is 3.05. The second-order valence-electron chi connectivity index (χ2n) is 6.67. The molecule has 2 aromatic rings. The molecule has 0 bridgehead atoms. The van der Waals surface area contributed by atoms with Crippen molar-refractivity contribution in [1.29, 1.82) is 0 Å². The van der Waals surface area contributed by atoms with Crippen LogP contribution in [-0.2, 0) is 20.0 Å². The van der Waals surface area contributed by atoms with Gasteiger partial charge >= 0.3 is 0 Å². The van der Waals surface area contributed by atoms with E-state index in [1.807, 2.05) is 0 Å². The second-order valence-corrected chi connectivity index (χ2v) is 11.6. The smallest absolute Gasteiger partial charge is 0.268 e. The van der Waals surface area contributed by atoms with Crippen LogP contribution in [0.2, 0.25) is 0 Å². The van der Waals surface area contributed by atoms with Gasteiger partial charge in [-0.2, -0.15) is 4.31 Å². The van der Waals surface area contributed by atoms with E-state index in [4.69, 9.17) is 0 Å². The molecule has 0 N–H and O–H groups in total. The molecule has 8 nitrogen and oxygen atoms in total. The number of hydrogen-bond acceptors (Lipinski definition) is 7. The Morgan fingerprint density at radius 1 is 1.07 bits per heavy atom. The summed E-state index contributed by atoms with van der Waals surface area (Å²) in [5.41, 5.74) is 0.187. The summed E-state index contributed by atoms with van der Waals surface area (Å²) in [6, 6.07) is 9.26. The largest absolute Gasteiger partial charge is 0.269 e. The van der Waals surface area contributed by atoms with E-state index in [2.05, 4.69) is 4.98 Å². The minimum Gasteiger partial charge on any atom is -0.268 e. The first kappa shape index (κ1) is 20.3. The van der Waals surface area contributed by atoms with Crippen molar-refractivity contribution in [1.82, 2.24) is 13.6 Å². The van der Waals surface area contributed by atoms with Gasteiger partial charge in [0, 0.05) is 31.6 Å². The molecule has 0 saturated carbocycles. The summed E-state index contributed by atoms with van der Waals surface area (Å²) in [5.74, 6) is -0.217. The highest BCUT2D eigenvalue weighted by Crippen LogP contribution is 2.30. The maximum Gasteiger partial charge on any atom is 0.269 e. The van der Waals surface area contributed by atoms with Gasteiger partial charge < -0.3 is 0 Å². The molecule has 2 aliphatic heterocycles. The van der Waals surface area contributed by atoms with E-state index in [0.29, 0.717) is 23.9 Å². The molecular weight excluding hydrogens is 434 g/mol. The predicted molar refractivity (Wildman–Crippen MR) is 108 cm³/mol. The number of aromatic nitrogens is 1. The highest BCUT2D eigenvalue weighted by molar-refractivity contribution is 7.99. The SMILES string of the molecule is O=C1c2ccccc2S(=O)(=O)N1CCSc1ccc(S(=O)(=O)N2CCCC2)cn1. The molecule has 29 heavy (non-hydrogen) atoms. The lowest BCUT2D eigenvalue weighted by molar-refractivity contribution is 0.0876. The monoisotopic (exact) mass is 453 g/mol. The summed E-state index contributed by atoms with van der Waals surface area (Å²) in [4.78, 5) is 16.7. The molecule has 1 saturated heterocycles. The van der Waals surface area contributed by atoms with Crippen LogP contribution in [0.1, 0.15) is 23.2 Å². The van der Waals surface area contributed by atoms with E-state index >= 15 is 0 Å². The third-order valence-electron chi connectivity index (χ3n) is 4.87. The average molecular weight is 454 g/mol. The van der Waals surface area contributed by atoms with Gasteiger partial charge in [0.1, 0.15) is 9.79 Å². The number of hydrogen-bond donors (Lipinski definition) is 0. The molecule has 1 fully saturated rings. The van der Waals surface area contributed by atoms with E-state index in [1.54, 1.807) is 18.2 Å². The van der Waals surface area contributed by atoms with Crippen molar-refractivity contribution in [3.8, 4) is 0 Å². The molecule has 0 aliphatic carbocycles. The minimum absolute atomic E-state index is 0.00994. The Balaban J connectivity index is 1.40. The number of amides is 1. The summed E-state index contributed by atoms with van der Waals surface area (Å²) in [6.45, 7) is 1.06. The molecule has 0 atom stereocenters. The molecular formula is C18H19N3O5S3. The molecule has 1 amide bonds. The molecule has 1 aromatic heterocycles. The zero-order valence-electron chi connectivity index (χ0n) is 15.4. The quantitative estimate of drug-likeness (QED) is 0.614. The first-order valence-electron chi connectivity index (χ1n) is 9.07. The fraction of sp³-hybridized carbons (Fsp3) is 0.333. The molecule has 2 aliphatic rings. The van der Waals surface area contributed by atoms with Crippen LogP contribution < -0.4 is 0 Å². The lowest BCUT2D eigenvalue weighted by Crippen LogP contribution is -2.32. The van der Waals surface area contributed by atoms with Gasteiger partial charge in [0.05, 0.1) is 10.6 Å². The number of pyridine rings is 1. The zero-order chi connectivity index (χ0) is 20.6. The third-order valence-corrected chi connectivity index (χ3v) is 9.52. The van der Waals surface area contributed by atoms with Gasteiger partial charge in [-0.15, -0.1) is 11.8 Å². The number of sulfonamides is 2. The van der Waals surface area contributed by atoms with Crippen LogP contribution in [0.15, 0.2) is 57.4 Å². The van der Waals surface area contributed by atoms with Crippen molar-refractivity contribution in [3.05, 3.63) is 48.2 Å². The fourth-order valence-corrected chi connectivity index (χ4v) is 7.29. The van der Waals surface area contributed by atoms with Gasteiger partial charge in [0.2, 0.25) is 10.0 Å². The Hall–Kier alpha value is -1.95. The van der Waals surface area contributed by atoms with E-state index in [0.717, 1.165) is 17.1 Å². The summed E-state index contributed by atoms with van der Waals surface area (Å²) in [7, 11) is -7.33.